The van der Waals surface area contributed by atoms with Gasteiger partial charge in [0.05, 0.1) is 12.1 Å². The van der Waals surface area contributed by atoms with Gasteiger partial charge >= 0.3 is 0 Å². The molecular formula is C21H23N3O3S. The molecule has 3 aromatic rings. The van der Waals surface area contributed by atoms with Crippen molar-refractivity contribution >= 4 is 20.9 Å². The number of para-hydroxylation sites is 1. The van der Waals surface area contributed by atoms with Crippen LogP contribution in [0.1, 0.15) is 18.4 Å². The Labute approximate surface area is 165 Å². The SMILES string of the molecule is Cc1cnccc1OCC1CCN(S(=O)(=O)c2cccc3cccnc23)CC1. The second kappa shape index (κ2) is 7.85. The van der Waals surface area contributed by atoms with Gasteiger partial charge in [0, 0.05) is 42.6 Å². The number of rotatable bonds is 5. The molecule has 0 atom stereocenters. The molecule has 0 unspecified atom stereocenters. The number of aryl methyl sites for hydroxylation is 1. The maximum atomic E-state index is 13.2. The smallest absolute Gasteiger partial charge is 0.245 e. The number of pyridine rings is 2. The third-order valence-corrected chi connectivity index (χ3v) is 7.16. The minimum atomic E-state index is -3.56. The molecule has 0 aliphatic carbocycles. The van der Waals surface area contributed by atoms with Gasteiger partial charge in [-0.1, -0.05) is 18.2 Å². The van der Waals surface area contributed by atoms with Gasteiger partial charge in [-0.2, -0.15) is 4.31 Å². The lowest BCUT2D eigenvalue weighted by Gasteiger charge is -2.31. The van der Waals surface area contributed by atoms with Gasteiger partial charge < -0.3 is 4.74 Å². The van der Waals surface area contributed by atoms with Gasteiger partial charge in [0.2, 0.25) is 10.0 Å². The van der Waals surface area contributed by atoms with Gasteiger partial charge in [0.1, 0.15) is 10.6 Å². The summed E-state index contributed by atoms with van der Waals surface area (Å²) in [4.78, 5) is 8.65. The molecule has 6 nitrogen and oxygen atoms in total. The van der Waals surface area contributed by atoms with Gasteiger partial charge in [-0.15, -0.1) is 0 Å². The molecular weight excluding hydrogens is 374 g/mol. The van der Waals surface area contributed by atoms with E-state index in [0.717, 1.165) is 29.5 Å². The number of aromatic nitrogens is 2. The predicted octanol–water partition coefficient (Wildman–Crippen LogP) is 3.42. The number of nitrogens with zero attached hydrogens (tertiary/aromatic N) is 3. The second-order valence-corrected chi connectivity index (χ2v) is 9.04. The molecule has 0 amide bonds. The zero-order valence-electron chi connectivity index (χ0n) is 15.8. The van der Waals surface area contributed by atoms with Gasteiger partial charge in [-0.3, -0.25) is 9.97 Å². The van der Waals surface area contributed by atoms with Crippen LogP contribution in [0.25, 0.3) is 10.9 Å². The molecule has 0 radical (unpaired) electrons. The van der Waals surface area contributed by atoms with E-state index in [0.29, 0.717) is 31.1 Å². The number of piperidine rings is 1. The van der Waals surface area contributed by atoms with Crippen molar-refractivity contribution in [2.75, 3.05) is 19.7 Å². The van der Waals surface area contributed by atoms with E-state index in [1.54, 1.807) is 35.0 Å². The number of benzene rings is 1. The molecule has 0 N–H and O–H groups in total. The van der Waals surface area contributed by atoms with Crippen LogP contribution in [0.4, 0.5) is 0 Å². The lowest BCUT2D eigenvalue weighted by molar-refractivity contribution is 0.184. The van der Waals surface area contributed by atoms with Crippen LogP contribution in [-0.2, 0) is 10.0 Å². The minimum Gasteiger partial charge on any atom is -0.493 e. The van der Waals surface area contributed by atoms with Crippen molar-refractivity contribution in [1.29, 1.82) is 0 Å². The van der Waals surface area contributed by atoms with Gasteiger partial charge in [0.15, 0.2) is 0 Å². The van der Waals surface area contributed by atoms with Crippen molar-refractivity contribution < 1.29 is 13.2 Å². The number of sulfonamides is 1. The highest BCUT2D eigenvalue weighted by Gasteiger charge is 2.31. The molecule has 1 aromatic carbocycles. The normalized spacial score (nSPS) is 16.3. The van der Waals surface area contributed by atoms with Crippen molar-refractivity contribution in [2.24, 2.45) is 5.92 Å². The van der Waals surface area contributed by atoms with Gasteiger partial charge in [-0.25, -0.2) is 8.42 Å². The lowest BCUT2D eigenvalue weighted by Crippen LogP contribution is -2.39. The highest BCUT2D eigenvalue weighted by Crippen LogP contribution is 2.28. The van der Waals surface area contributed by atoms with E-state index in [2.05, 4.69) is 9.97 Å². The Morgan fingerprint density at radius 2 is 1.89 bits per heavy atom. The molecule has 1 aliphatic rings. The minimum absolute atomic E-state index is 0.285. The Kier molecular flexibility index (Phi) is 5.28. The molecule has 28 heavy (non-hydrogen) atoms. The summed E-state index contributed by atoms with van der Waals surface area (Å²) >= 11 is 0. The molecule has 3 heterocycles. The van der Waals surface area contributed by atoms with Gasteiger partial charge in [0.25, 0.3) is 0 Å². The molecule has 1 aliphatic heterocycles. The summed E-state index contributed by atoms with van der Waals surface area (Å²) in [6.07, 6.45) is 6.69. The van der Waals surface area contributed by atoms with Crippen molar-refractivity contribution in [3.05, 3.63) is 60.6 Å². The molecule has 0 spiro atoms. The molecule has 146 valence electrons. The fraction of sp³-hybridized carbons (Fsp3) is 0.333. The molecule has 1 saturated heterocycles. The van der Waals surface area contributed by atoms with E-state index < -0.39 is 10.0 Å². The zero-order chi connectivity index (χ0) is 19.6. The van der Waals surface area contributed by atoms with Crippen LogP contribution in [0, 0.1) is 12.8 Å². The molecule has 2 aromatic heterocycles. The second-order valence-electron chi connectivity index (χ2n) is 7.13. The first-order valence-electron chi connectivity index (χ1n) is 9.43. The van der Waals surface area contributed by atoms with Gasteiger partial charge in [-0.05, 0) is 43.9 Å². The largest absolute Gasteiger partial charge is 0.493 e. The lowest BCUT2D eigenvalue weighted by atomic mass is 9.99. The van der Waals surface area contributed by atoms with E-state index in [-0.39, 0.29) is 4.90 Å². The summed E-state index contributed by atoms with van der Waals surface area (Å²) in [5.41, 5.74) is 1.54. The van der Waals surface area contributed by atoms with Crippen molar-refractivity contribution in [1.82, 2.24) is 14.3 Å². The van der Waals surface area contributed by atoms with Crippen LogP contribution >= 0.6 is 0 Å². The molecule has 7 heteroatoms. The first-order valence-corrected chi connectivity index (χ1v) is 10.9. The number of hydrogen-bond acceptors (Lipinski definition) is 5. The van der Waals surface area contributed by atoms with Crippen LogP contribution in [0.5, 0.6) is 5.75 Å². The van der Waals surface area contributed by atoms with Crippen LogP contribution in [0.3, 0.4) is 0 Å². The highest BCUT2D eigenvalue weighted by molar-refractivity contribution is 7.89. The highest BCUT2D eigenvalue weighted by atomic mass is 32.2. The fourth-order valence-electron chi connectivity index (χ4n) is 3.57. The third kappa shape index (κ3) is 3.72. The third-order valence-electron chi connectivity index (χ3n) is 5.23. The van der Waals surface area contributed by atoms with Crippen molar-refractivity contribution in [3.8, 4) is 5.75 Å². The zero-order valence-corrected chi connectivity index (χ0v) is 16.6. The summed E-state index contributed by atoms with van der Waals surface area (Å²) in [6, 6.07) is 10.9. The molecule has 4 rings (SSSR count). The standard InChI is InChI=1S/C21H23N3O3S/c1-16-14-22-11-7-19(16)27-15-17-8-12-24(13-9-17)28(25,26)20-6-2-4-18-5-3-10-23-21(18)20/h2-7,10-11,14,17H,8-9,12-13,15H2,1H3. The van der Waals surface area contributed by atoms with Crippen molar-refractivity contribution in [3.63, 3.8) is 0 Å². The molecule has 0 bridgehead atoms. The summed E-state index contributed by atoms with van der Waals surface area (Å²) in [5.74, 6) is 1.18. The quantitative estimate of drug-likeness (QED) is 0.660. The predicted molar refractivity (Wildman–Crippen MR) is 108 cm³/mol. The van der Waals surface area contributed by atoms with Crippen LogP contribution in [0.15, 0.2) is 59.9 Å². The average molecular weight is 398 g/mol. The van der Waals surface area contributed by atoms with Crippen LogP contribution in [0.2, 0.25) is 0 Å². The summed E-state index contributed by atoms with van der Waals surface area (Å²) in [7, 11) is -3.56. The first kappa shape index (κ1) is 18.8. The van der Waals surface area contributed by atoms with E-state index >= 15 is 0 Å². The topological polar surface area (TPSA) is 72.4 Å². The fourth-order valence-corrected chi connectivity index (χ4v) is 5.21. The monoisotopic (exact) mass is 397 g/mol. The maximum absolute atomic E-state index is 13.2. The summed E-state index contributed by atoms with van der Waals surface area (Å²) < 4.78 is 33.9. The van der Waals surface area contributed by atoms with E-state index in [4.69, 9.17) is 4.74 Å². The Hall–Kier alpha value is -2.51. The van der Waals surface area contributed by atoms with E-state index in [1.807, 2.05) is 31.2 Å². The Morgan fingerprint density at radius 1 is 1.11 bits per heavy atom. The Morgan fingerprint density at radius 3 is 2.68 bits per heavy atom. The first-order chi connectivity index (χ1) is 13.6. The Balaban J connectivity index is 1.43. The van der Waals surface area contributed by atoms with E-state index in [1.165, 1.54) is 0 Å². The number of ether oxygens (including phenoxy) is 1. The van der Waals surface area contributed by atoms with E-state index in [9.17, 15) is 8.42 Å². The summed E-state index contributed by atoms with van der Waals surface area (Å²) in [6.45, 7) is 3.55. The average Bonchev–Trinajstić information content (AvgIpc) is 2.73. The number of hydrogen-bond donors (Lipinski definition) is 0. The summed E-state index contributed by atoms with van der Waals surface area (Å²) in [5, 5.41) is 0.833. The molecule has 1 fully saturated rings. The molecule has 0 saturated carbocycles. The van der Waals surface area contributed by atoms with Crippen molar-refractivity contribution in [2.45, 2.75) is 24.7 Å². The van der Waals surface area contributed by atoms with Crippen LogP contribution < -0.4 is 4.74 Å². The Bertz CT molecular complexity index is 1070. The number of fused-ring (bicyclic) bond motifs is 1. The maximum Gasteiger partial charge on any atom is 0.245 e. The van der Waals surface area contributed by atoms with Crippen LogP contribution in [-0.4, -0.2) is 42.4 Å².